The summed E-state index contributed by atoms with van der Waals surface area (Å²) in [6.07, 6.45) is 2.39. The number of aliphatic hydroxyl groups is 1. The van der Waals surface area contributed by atoms with Crippen molar-refractivity contribution in [3.05, 3.63) is 142 Å². The summed E-state index contributed by atoms with van der Waals surface area (Å²) in [5, 5.41) is 11.1. The second kappa shape index (κ2) is 30.2. The summed E-state index contributed by atoms with van der Waals surface area (Å²) in [5.41, 5.74) is 11.5. The van der Waals surface area contributed by atoms with E-state index < -0.39 is 12.9 Å². The molecule has 4 aromatic carbocycles. The van der Waals surface area contributed by atoms with Gasteiger partial charge in [0, 0.05) is 151 Å². The molecular weight excluding hydrogens is 1140 g/mol. The van der Waals surface area contributed by atoms with E-state index in [0.29, 0.717) is 57.0 Å². The first-order chi connectivity index (χ1) is 41.9. The number of nitrogens with zero attached hydrogens (tertiary/aromatic N) is 8. The van der Waals surface area contributed by atoms with Crippen molar-refractivity contribution in [2.24, 2.45) is 0 Å². The van der Waals surface area contributed by atoms with Crippen molar-refractivity contribution in [3.8, 4) is 0 Å². The summed E-state index contributed by atoms with van der Waals surface area (Å²) in [6.45, 7) is 14.5. The predicted octanol–water partition coefficient (Wildman–Crippen LogP) is 6.08. The smallest absolute Gasteiger partial charge is 0.326 e. The first-order valence-corrected chi connectivity index (χ1v) is 29.7. The number of benzene rings is 4. The Bertz CT molecular complexity index is 3330. The molecular formula is C64H80ClN9O13. The highest BCUT2D eigenvalue weighted by molar-refractivity contribution is 6.05. The third-order valence-electron chi connectivity index (χ3n) is 17.0. The molecule has 2 N–H and O–H groups in total. The number of carbonyl (C=O) groups excluding carboxylic acids is 6. The minimum atomic E-state index is -0.511. The van der Waals surface area contributed by atoms with Gasteiger partial charge in [-0.2, -0.15) is 0 Å². The Balaban J connectivity index is 0.000000158. The topological polar surface area (TPSA) is 219 Å². The number of likely N-dealkylation sites (N-methyl/N-ethyl adjacent to an activating group) is 2. The van der Waals surface area contributed by atoms with Crippen molar-refractivity contribution in [2.75, 3.05) is 134 Å². The molecule has 13 rings (SSSR count). The van der Waals surface area contributed by atoms with Crippen molar-refractivity contribution < 1.29 is 62.4 Å². The first-order valence-electron chi connectivity index (χ1n) is 29.7. The minimum Gasteiger partial charge on any atom is -0.388 e. The number of hydrogen-bond donors (Lipinski definition) is 2. The third-order valence-corrected chi connectivity index (χ3v) is 17.0. The lowest BCUT2D eigenvalue weighted by molar-refractivity contribution is -0.186. The Hall–Kier alpha value is -7.09. The second-order valence-corrected chi connectivity index (χ2v) is 22.4. The molecule has 0 radical (unpaired) electrons. The summed E-state index contributed by atoms with van der Waals surface area (Å²) in [6, 6.07) is 30.1. The molecule has 7 aliphatic rings. The van der Waals surface area contributed by atoms with Gasteiger partial charge in [0.2, 0.25) is 11.8 Å². The molecule has 23 heteroatoms. The molecule has 3 unspecified atom stereocenters. The van der Waals surface area contributed by atoms with E-state index >= 15 is 0 Å². The van der Waals surface area contributed by atoms with Crippen molar-refractivity contribution in [3.63, 3.8) is 0 Å². The summed E-state index contributed by atoms with van der Waals surface area (Å²) >= 11 is 0. The van der Waals surface area contributed by atoms with Crippen molar-refractivity contribution >= 4 is 69.8 Å². The number of hydroxylamine groups is 1. The predicted molar refractivity (Wildman–Crippen MR) is 327 cm³/mol. The van der Waals surface area contributed by atoms with Gasteiger partial charge in [-0.25, -0.2) is 19.9 Å². The molecule has 7 amide bonds. The number of rotatable bonds is 15. The number of imide groups is 2. The highest BCUT2D eigenvalue weighted by Gasteiger charge is 2.46. The van der Waals surface area contributed by atoms with E-state index in [4.69, 9.17) is 33.6 Å². The number of aromatic nitrogens is 2. The molecule has 5 saturated heterocycles. The summed E-state index contributed by atoms with van der Waals surface area (Å²) < 4.78 is 30.2. The number of para-hydroxylation sites is 2. The van der Waals surface area contributed by atoms with Crippen LogP contribution < -0.4 is 5.48 Å². The number of fused-ring (bicyclic) bond motifs is 12. The fourth-order valence-electron chi connectivity index (χ4n) is 12.2. The van der Waals surface area contributed by atoms with E-state index in [1.165, 1.54) is 9.80 Å². The van der Waals surface area contributed by atoms with E-state index in [-0.39, 0.29) is 59.8 Å². The van der Waals surface area contributed by atoms with E-state index in [2.05, 4.69) is 30.5 Å². The van der Waals surface area contributed by atoms with Gasteiger partial charge in [0.05, 0.1) is 64.6 Å². The van der Waals surface area contributed by atoms with E-state index in [0.717, 1.165) is 154 Å². The molecule has 0 spiro atoms. The summed E-state index contributed by atoms with van der Waals surface area (Å²) in [4.78, 5) is 91.3. The molecule has 0 aliphatic carbocycles. The zero-order valence-electron chi connectivity index (χ0n) is 50.1. The Labute approximate surface area is 513 Å². The van der Waals surface area contributed by atoms with Gasteiger partial charge in [-0.05, 0) is 59.4 Å². The number of morpholine rings is 2. The zero-order chi connectivity index (χ0) is 60.3. The number of nitrogens with one attached hydrogen (secondary N) is 1. The van der Waals surface area contributed by atoms with Crippen LogP contribution in [0.2, 0.25) is 0 Å². The fraction of sp³-hybridized carbons (Fsp3) is 0.469. The van der Waals surface area contributed by atoms with Crippen LogP contribution in [0.1, 0.15) is 85.5 Å². The van der Waals surface area contributed by atoms with Crippen molar-refractivity contribution in [2.45, 2.75) is 63.6 Å². The number of methoxy groups -OCH3 is 2. The number of carbonyl (C=O) groups is 6. The van der Waals surface area contributed by atoms with Crippen molar-refractivity contribution in [1.82, 2.24) is 44.0 Å². The number of Topliss-reactive ketones (excluding diaryl/α,β-unsaturated/α-hetero) is 1. The standard InChI is InChI=1S/C27H28N4O5.C23H21N3O4.2C7H15NO2.ClH/c1-29-26(33)20-15-30(27(29)34)16-22-24(20)19-6-2-3-7-21(19)31(22)14-17-9-11-18(12-10-17)25(32)28-36-23-8-4-5-13-35-23;1-24-22(29)17-11-25(23(24)30)12-19-21(17)16-4-2-3-5-18(16)26(19)10-14-6-8-15(9-7-14)20(28)13-27;2*1-9-5-2-8-3-6-10-7-4-8;/h2-3,6-7,9-12,20,23H,4-5,8,13-16H2,1H3,(H,28,32);2-9,17,27H,10-13H2,1H3;2*2-7H2,1H3;1H. The lowest BCUT2D eigenvalue weighted by Gasteiger charge is -2.41. The van der Waals surface area contributed by atoms with E-state index in [9.17, 15) is 28.8 Å². The lowest BCUT2D eigenvalue weighted by atomic mass is 9.89. The van der Waals surface area contributed by atoms with Crippen LogP contribution in [0.5, 0.6) is 0 Å². The number of urea groups is 2. The lowest BCUT2D eigenvalue weighted by Crippen LogP contribution is -2.56. The Kier molecular flexibility index (Phi) is 22.4. The van der Waals surface area contributed by atoms with Gasteiger partial charge in [0.1, 0.15) is 6.61 Å². The summed E-state index contributed by atoms with van der Waals surface area (Å²) in [5.74, 6) is -1.66. The molecule has 2 aromatic heterocycles. The second-order valence-electron chi connectivity index (χ2n) is 22.4. The largest absolute Gasteiger partial charge is 0.388 e. The monoisotopic (exact) mass is 1220 g/mol. The Morgan fingerprint density at radius 2 is 1.05 bits per heavy atom. The van der Waals surface area contributed by atoms with Crippen LogP contribution in [0.25, 0.3) is 21.8 Å². The van der Waals surface area contributed by atoms with E-state index in [1.807, 2.05) is 66.7 Å². The average Bonchev–Trinajstić information content (AvgIpc) is 1.65. The minimum absolute atomic E-state index is 0. The Morgan fingerprint density at radius 3 is 1.47 bits per heavy atom. The molecule has 4 bridgehead atoms. The maximum atomic E-state index is 13.0. The van der Waals surface area contributed by atoms with Crippen LogP contribution in [0.4, 0.5) is 9.59 Å². The molecule has 466 valence electrons. The number of aliphatic hydroxyl groups excluding tert-OH is 1. The van der Waals surface area contributed by atoms with Crippen LogP contribution in [0, 0.1) is 0 Å². The quantitative estimate of drug-likeness (QED) is 0.0880. The highest BCUT2D eigenvalue weighted by atomic mass is 35.5. The van der Waals surface area contributed by atoms with Crippen molar-refractivity contribution in [1.29, 1.82) is 0 Å². The van der Waals surface area contributed by atoms with Gasteiger partial charge in [-0.3, -0.25) is 38.8 Å². The van der Waals surface area contributed by atoms with Gasteiger partial charge < -0.3 is 47.7 Å². The van der Waals surface area contributed by atoms with Crippen LogP contribution in [-0.4, -0.2) is 219 Å². The fourth-order valence-corrected chi connectivity index (χ4v) is 12.2. The molecule has 87 heavy (non-hydrogen) atoms. The zero-order valence-corrected chi connectivity index (χ0v) is 50.9. The molecule has 0 saturated carbocycles. The average molecular weight is 1220 g/mol. The van der Waals surface area contributed by atoms with Crippen LogP contribution in [0.15, 0.2) is 97.1 Å². The van der Waals surface area contributed by atoms with Gasteiger partial charge >= 0.3 is 12.1 Å². The van der Waals surface area contributed by atoms with Crippen LogP contribution in [0.3, 0.4) is 0 Å². The number of amides is 7. The number of ketones is 1. The number of hydrogen-bond acceptors (Lipinski definition) is 15. The van der Waals surface area contributed by atoms with Crippen LogP contribution >= 0.6 is 12.4 Å². The molecule has 9 heterocycles. The van der Waals surface area contributed by atoms with Gasteiger partial charge in [-0.1, -0.05) is 72.8 Å². The summed E-state index contributed by atoms with van der Waals surface area (Å²) in [7, 11) is 6.57. The van der Waals surface area contributed by atoms with Gasteiger partial charge in [-0.15, -0.1) is 12.4 Å². The van der Waals surface area contributed by atoms with Crippen LogP contribution in [-0.2, 0) is 64.3 Å². The van der Waals surface area contributed by atoms with Gasteiger partial charge in [0.25, 0.3) is 5.91 Å². The molecule has 3 atom stereocenters. The SMILES string of the molecule is CN1C(=O)C2CN(Cc3c2c2ccccc2n3Cc2ccc(C(=O)CO)cc2)C1=O.CN1C(=O)C2CN(Cc3c2c2ccccc2n3Cc2ccc(C(=O)NOC3CCCCO3)cc2)C1=O.COCCN1CCOCC1.COCCN1CCOCC1.Cl. The molecule has 22 nitrogen and oxygen atoms in total. The third kappa shape index (κ3) is 14.7. The molecule has 7 aliphatic heterocycles. The molecule has 5 fully saturated rings. The normalized spacial score (nSPS) is 20.1. The maximum Gasteiger partial charge on any atom is 0.326 e. The number of ether oxygens (including phenoxy) is 5. The highest BCUT2D eigenvalue weighted by Crippen LogP contribution is 2.42. The Morgan fingerprint density at radius 1 is 0.598 bits per heavy atom. The van der Waals surface area contributed by atoms with E-state index in [1.54, 1.807) is 62.4 Å². The number of halogens is 1. The van der Waals surface area contributed by atoms with Gasteiger partial charge in [0.15, 0.2) is 12.1 Å². The first kappa shape index (κ1) is 64.4. The molecule has 6 aromatic rings. The maximum absolute atomic E-state index is 13.0.